The quantitative estimate of drug-likeness (QED) is 0.792. The Morgan fingerprint density at radius 2 is 2.13 bits per heavy atom. The summed E-state index contributed by atoms with van der Waals surface area (Å²) in [5.74, 6) is -0.369. The first-order chi connectivity index (χ1) is 11.0. The molecule has 0 atom stereocenters. The van der Waals surface area contributed by atoms with Gasteiger partial charge in [-0.05, 0) is 31.0 Å². The minimum atomic E-state index is -2.93. The Balaban J connectivity index is 1.76. The number of hydrogen-bond acceptors (Lipinski definition) is 3. The van der Waals surface area contributed by atoms with Gasteiger partial charge in [0.1, 0.15) is 11.4 Å². The molecule has 1 aliphatic carbocycles. The third-order valence-corrected chi connectivity index (χ3v) is 4.20. The molecule has 3 N–H and O–H groups in total. The molecule has 124 valence electrons. The number of benzene rings is 1. The van der Waals surface area contributed by atoms with E-state index in [-0.39, 0.29) is 23.9 Å². The molecule has 5 nitrogen and oxygen atoms in total. The zero-order chi connectivity index (χ0) is 16.4. The van der Waals surface area contributed by atoms with Crippen LogP contribution in [-0.2, 0) is 0 Å². The highest BCUT2D eigenvalue weighted by atomic mass is 19.3. The first kappa shape index (κ1) is 15.7. The lowest BCUT2D eigenvalue weighted by molar-refractivity contribution is -0.0487. The highest BCUT2D eigenvalue weighted by Crippen LogP contribution is 2.29. The van der Waals surface area contributed by atoms with E-state index >= 15 is 0 Å². The van der Waals surface area contributed by atoms with E-state index in [4.69, 9.17) is 0 Å². The van der Waals surface area contributed by atoms with Crippen molar-refractivity contribution in [1.29, 1.82) is 0 Å². The van der Waals surface area contributed by atoms with Crippen LogP contribution in [0.5, 0.6) is 5.75 Å². The number of aromatic nitrogens is 1. The fourth-order valence-electron chi connectivity index (χ4n) is 3.00. The number of amides is 1. The molecule has 0 saturated heterocycles. The van der Waals surface area contributed by atoms with Gasteiger partial charge in [0.2, 0.25) is 0 Å². The predicted octanol–water partition coefficient (Wildman–Crippen LogP) is 2.80. The van der Waals surface area contributed by atoms with Gasteiger partial charge in [-0.2, -0.15) is 8.78 Å². The van der Waals surface area contributed by atoms with E-state index < -0.39 is 12.2 Å². The Hall–Kier alpha value is -2.15. The number of hydrogen-bond donors (Lipinski definition) is 3. The van der Waals surface area contributed by atoms with Crippen molar-refractivity contribution in [1.82, 2.24) is 10.3 Å². The van der Waals surface area contributed by atoms with E-state index in [1.54, 1.807) is 12.1 Å². The number of aliphatic hydroxyl groups is 1. The van der Waals surface area contributed by atoms with Crippen LogP contribution in [0.4, 0.5) is 8.78 Å². The molecule has 0 bridgehead atoms. The Labute approximate surface area is 131 Å². The van der Waals surface area contributed by atoms with Crippen LogP contribution in [0.3, 0.4) is 0 Å². The second-order valence-electron chi connectivity index (χ2n) is 5.89. The second-order valence-corrected chi connectivity index (χ2v) is 5.89. The van der Waals surface area contributed by atoms with E-state index in [1.165, 1.54) is 12.1 Å². The SMILES string of the molecule is O=C(NCC1(O)CCCC1)c1cc2c(OC(F)F)cccc2[nH]1. The van der Waals surface area contributed by atoms with Gasteiger partial charge in [-0.25, -0.2) is 0 Å². The lowest BCUT2D eigenvalue weighted by Crippen LogP contribution is -2.40. The largest absolute Gasteiger partial charge is 0.434 e. The number of carbonyl (C=O) groups is 1. The number of aromatic amines is 1. The molecule has 7 heteroatoms. The first-order valence-corrected chi connectivity index (χ1v) is 7.54. The fraction of sp³-hybridized carbons (Fsp3) is 0.438. The highest BCUT2D eigenvalue weighted by molar-refractivity contribution is 5.99. The number of carbonyl (C=O) groups excluding carboxylic acids is 1. The Kier molecular flexibility index (Phi) is 4.21. The van der Waals surface area contributed by atoms with Crippen LogP contribution in [0.2, 0.25) is 0 Å². The summed E-state index contributed by atoms with van der Waals surface area (Å²) in [6.45, 7) is -2.74. The lowest BCUT2D eigenvalue weighted by atomic mass is 10.0. The summed E-state index contributed by atoms with van der Waals surface area (Å²) in [5, 5.41) is 13.3. The monoisotopic (exact) mass is 324 g/mol. The van der Waals surface area contributed by atoms with Crippen molar-refractivity contribution in [3.8, 4) is 5.75 Å². The van der Waals surface area contributed by atoms with Crippen LogP contribution in [0, 0.1) is 0 Å². The van der Waals surface area contributed by atoms with E-state index in [0.717, 1.165) is 12.8 Å². The number of alkyl halides is 2. The van der Waals surface area contributed by atoms with Gasteiger partial charge in [0.15, 0.2) is 0 Å². The average Bonchev–Trinajstić information content (AvgIpc) is 3.12. The summed E-state index contributed by atoms with van der Waals surface area (Å²) in [5.41, 5.74) is -0.0641. The minimum absolute atomic E-state index is 0.0159. The van der Waals surface area contributed by atoms with Crippen molar-refractivity contribution in [3.05, 3.63) is 30.0 Å². The smallest absolute Gasteiger partial charge is 0.387 e. The minimum Gasteiger partial charge on any atom is -0.434 e. The van der Waals surface area contributed by atoms with E-state index in [2.05, 4.69) is 15.0 Å². The van der Waals surface area contributed by atoms with Crippen molar-refractivity contribution >= 4 is 16.8 Å². The zero-order valence-electron chi connectivity index (χ0n) is 12.4. The number of halogens is 2. The molecular weight excluding hydrogens is 306 g/mol. The summed E-state index contributed by atoms with van der Waals surface area (Å²) < 4.78 is 29.3. The highest BCUT2D eigenvalue weighted by Gasteiger charge is 2.31. The Morgan fingerprint density at radius 3 is 2.83 bits per heavy atom. The molecule has 2 aromatic rings. The molecule has 23 heavy (non-hydrogen) atoms. The van der Waals surface area contributed by atoms with Crippen molar-refractivity contribution in [2.45, 2.75) is 37.9 Å². The summed E-state index contributed by atoms with van der Waals surface area (Å²) >= 11 is 0. The third-order valence-electron chi connectivity index (χ3n) is 4.20. The third kappa shape index (κ3) is 3.44. The van der Waals surface area contributed by atoms with Crippen LogP contribution in [0.15, 0.2) is 24.3 Å². The van der Waals surface area contributed by atoms with Crippen molar-refractivity contribution in [3.63, 3.8) is 0 Å². The summed E-state index contributed by atoms with van der Waals surface area (Å²) in [6.07, 6.45) is 3.25. The van der Waals surface area contributed by atoms with Crippen LogP contribution in [0.1, 0.15) is 36.2 Å². The number of ether oxygens (including phenoxy) is 1. The predicted molar refractivity (Wildman–Crippen MR) is 80.7 cm³/mol. The van der Waals surface area contributed by atoms with Crippen molar-refractivity contribution < 1.29 is 23.4 Å². The topological polar surface area (TPSA) is 74.3 Å². The molecule has 0 aliphatic heterocycles. The lowest BCUT2D eigenvalue weighted by Gasteiger charge is -2.22. The molecule has 1 aliphatic rings. The Morgan fingerprint density at radius 1 is 1.39 bits per heavy atom. The summed E-state index contributed by atoms with van der Waals surface area (Å²) in [7, 11) is 0. The van der Waals surface area contributed by atoms with Gasteiger partial charge < -0.3 is 20.1 Å². The maximum atomic E-state index is 12.4. The normalized spacial score (nSPS) is 16.9. The molecular formula is C16H18F2N2O3. The molecule has 3 rings (SSSR count). The van der Waals surface area contributed by atoms with Gasteiger partial charge in [-0.15, -0.1) is 0 Å². The van der Waals surface area contributed by atoms with Gasteiger partial charge in [0.05, 0.1) is 5.60 Å². The van der Waals surface area contributed by atoms with Gasteiger partial charge in [-0.1, -0.05) is 18.9 Å². The molecule has 1 heterocycles. The molecule has 1 fully saturated rings. The number of rotatable bonds is 5. The van der Waals surface area contributed by atoms with Gasteiger partial charge >= 0.3 is 6.61 Å². The van der Waals surface area contributed by atoms with Gasteiger partial charge in [0.25, 0.3) is 5.91 Å². The second kappa shape index (κ2) is 6.16. The first-order valence-electron chi connectivity index (χ1n) is 7.54. The van der Waals surface area contributed by atoms with Crippen LogP contribution < -0.4 is 10.1 Å². The molecule has 0 radical (unpaired) electrons. The fourth-order valence-corrected chi connectivity index (χ4v) is 3.00. The maximum Gasteiger partial charge on any atom is 0.387 e. The van der Waals surface area contributed by atoms with E-state index in [0.29, 0.717) is 23.7 Å². The van der Waals surface area contributed by atoms with Crippen LogP contribution in [0.25, 0.3) is 10.9 Å². The molecule has 1 saturated carbocycles. The van der Waals surface area contributed by atoms with Gasteiger partial charge in [-0.3, -0.25) is 4.79 Å². The molecule has 0 unspecified atom stereocenters. The summed E-state index contributed by atoms with van der Waals surface area (Å²) in [6, 6.07) is 6.14. The van der Waals surface area contributed by atoms with E-state index in [1.807, 2.05) is 0 Å². The van der Waals surface area contributed by atoms with Crippen LogP contribution in [-0.4, -0.2) is 34.8 Å². The molecule has 1 aromatic carbocycles. The number of H-pyrrole nitrogens is 1. The molecule has 1 aromatic heterocycles. The van der Waals surface area contributed by atoms with Crippen LogP contribution >= 0.6 is 0 Å². The van der Waals surface area contributed by atoms with Crippen molar-refractivity contribution in [2.75, 3.05) is 6.54 Å². The maximum absolute atomic E-state index is 12.4. The molecule has 0 spiro atoms. The standard InChI is InChI=1S/C16H18F2N2O3/c17-15(18)23-13-5-3-4-11-10(13)8-12(20-11)14(21)19-9-16(22)6-1-2-7-16/h3-5,8,15,20,22H,1-2,6-7,9H2,(H,19,21). The summed E-state index contributed by atoms with van der Waals surface area (Å²) in [4.78, 5) is 15.1. The zero-order valence-corrected chi connectivity index (χ0v) is 12.4. The average molecular weight is 324 g/mol. The van der Waals surface area contributed by atoms with Gasteiger partial charge in [0, 0.05) is 17.4 Å². The van der Waals surface area contributed by atoms with Crippen molar-refractivity contribution in [2.24, 2.45) is 0 Å². The Bertz CT molecular complexity index is 708. The van der Waals surface area contributed by atoms with E-state index in [9.17, 15) is 18.7 Å². The molecule has 1 amide bonds. The number of fused-ring (bicyclic) bond motifs is 1. The number of nitrogens with one attached hydrogen (secondary N) is 2.